The number of halogens is 2. The van der Waals surface area contributed by atoms with Gasteiger partial charge in [0.2, 0.25) is 0 Å². The number of carboxylic acids is 1. The Hall–Kier alpha value is -0.350. The summed E-state index contributed by atoms with van der Waals surface area (Å²) in [6.07, 6.45) is 2.13. The zero-order valence-electron chi connectivity index (χ0n) is 10.7. The molecular formula is C14H18Br2O2. The fourth-order valence-corrected chi connectivity index (χ4v) is 2.99. The van der Waals surface area contributed by atoms with Gasteiger partial charge >= 0.3 is 5.97 Å². The first-order valence-electron chi connectivity index (χ1n) is 5.96. The van der Waals surface area contributed by atoms with E-state index >= 15 is 0 Å². The fraction of sp³-hybridized carbons (Fsp3) is 0.500. The molecule has 0 amide bonds. The van der Waals surface area contributed by atoms with E-state index in [1.165, 1.54) is 11.1 Å². The lowest BCUT2D eigenvalue weighted by Crippen LogP contribution is -2.14. The van der Waals surface area contributed by atoms with Crippen molar-refractivity contribution in [3.05, 3.63) is 34.4 Å². The van der Waals surface area contributed by atoms with Crippen molar-refractivity contribution in [1.82, 2.24) is 0 Å². The van der Waals surface area contributed by atoms with Gasteiger partial charge < -0.3 is 5.11 Å². The Kier molecular flexibility index (Phi) is 6.36. The molecule has 0 saturated carbocycles. The minimum absolute atomic E-state index is 0.448. The molecule has 4 heteroatoms. The van der Waals surface area contributed by atoms with Gasteiger partial charge in [-0.05, 0) is 48.9 Å². The quantitative estimate of drug-likeness (QED) is 0.754. The van der Waals surface area contributed by atoms with Gasteiger partial charge in [-0.2, -0.15) is 0 Å². The average Bonchev–Trinajstić information content (AvgIpc) is 2.31. The number of hydrogen-bond donors (Lipinski definition) is 1. The highest BCUT2D eigenvalue weighted by atomic mass is 79.9. The van der Waals surface area contributed by atoms with Crippen molar-refractivity contribution in [3.8, 4) is 0 Å². The van der Waals surface area contributed by atoms with Gasteiger partial charge in [-0.3, -0.25) is 4.79 Å². The van der Waals surface area contributed by atoms with Crippen LogP contribution in [0, 0.1) is 13.8 Å². The summed E-state index contributed by atoms with van der Waals surface area (Å²) in [5.74, 6) is -1.24. The number of carbonyl (C=O) groups is 1. The minimum atomic E-state index is -0.775. The number of benzene rings is 1. The molecule has 0 aromatic heterocycles. The lowest BCUT2D eigenvalue weighted by atomic mass is 9.91. The van der Waals surface area contributed by atoms with Crippen molar-refractivity contribution in [2.24, 2.45) is 0 Å². The van der Waals surface area contributed by atoms with Crippen LogP contribution >= 0.6 is 31.9 Å². The Labute approximate surface area is 125 Å². The molecular weight excluding hydrogens is 360 g/mol. The number of carboxylic acid groups (broad SMARTS) is 1. The van der Waals surface area contributed by atoms with Crippen LogP contribution in [-0.2, 0) is 11.2 Å². The molecule has 0 bridgehead atoms. The number of alkyl halides is 2. The molecule has 0 spiro atoms. The van der Waals surface area contributed by atoms with E-state index in [0.29, 0.717) is 5.33 Å². The Bertz CT molecular complexity index is 430. The number of rotatable bonds is 6. The summed E-state index contributed by atoms with van der Waals surface area (Å²) in [5.41, 5.74) is 4.48. The first-order chi connectivity index (χ1) is 8.51. The van der Waals surface area contributed by atoms with Crippen molar-refractivity contribution < 1.29 is 9.90 Å². The number of hydrogen-bond acceptors (Lipinski definition) is 1. The molecule has 0 aliphatic heterocycles. The third-order valence-electron chi connectivity index (χ3n) is 3.13. The Balaban J connectivity index is 3.09. The molecule has 100 valence electrons. The Morgan fingerprint density at radius 3 is 2.44 bits per heavy atom. The molecule has 0 heterocycles. The van der Waals surface area contributed by atoms with E-state index in [1.54, 1.807) is 0 Å². The molecule has 1 unspecified atom stereocenters. The molecule has 2 nitrogen and oxygen atoms in total. The van der Waals surface area contributed by atoms with Crippen LogP contribution in [0.1, 0.15) is 34.6 Å². The topological polar surface area (TPSA) is 37.3 Å². The van der Waals surface area contributed by atoms with E-state index in [1.807, 2.05) is 13.0 Å². The molecule has 1 aromatic rings. The minimum Gasteiger partial charge on any atom is -0.481 e. The summed E-state index contributed by atoms with van der Waals surface area (Å²) in [7, 11) is 0. The van der Waals surface area contributed by atoms with Gasteiger partial charge in [-0.15, -0.1) is 0 Å². The van der Waals surface area contributed by atoms with Crippen LogP contribution < -0.4 is 0 Å². The van der Waals surface area contributed by atoms with Gasteiger partial charge in [0, 0.05) is 10.7 Å². The predicted octanol–water partition coefficient (Wildman–Crippen LogP) is 4.19. The maximum absolute atomic E-state index is 11.2. The monoisotopic (exact) mass is 376 g/mol. The lowest BCUT2D eigenvalue weighted by Gasteiger charge is -2.16. The summed E-state index contributed by atoms with van der Waals surface area (Å²) >= 11 is 6.72. The second-order valence-corrected chi connectivity index (χ2v) is 5.91. The number of aliphatic carboxylic acids is 1. The van der Waals surface area contributed by atoms with E-state index < -0.39 is 11.9 Å². The van der Waals surface area contributed by atoms with Gasteiger partial charge in [-0.25, -0.2) is 0 Å². The molecule has 18 heavy (non-hydrogen) atoms. The first kappa shape index (κ1) is 15.7. The maximum atomic E-state index is 11.2. The van der Waals surface area contributed by atoms with E-state index in [9.17, 15) is 9.90 Å². The average molecular weight is 378 g/mol. The summed E-state index contributed by atoms with van der Waals surface area (Å²) in [4.78, 5) is 11.2. The van der Waals surface area contributed by atoms with E-state index in [0.717, 1.165) is 29.3 Å². The molecule has 0 radical (unpaired) electrons. The summed E-state index contributed by atoms with van der Waals surface area (Å²) in [6, 6.07) is 4.16. The van der Waals surface area contributed by atoms with Gasteiger partial charge in [0.15, 0.2) is 0 Å². The summed E-state index contributed by atoms with van der Waals surface area (Å²) < 4.78 is 0. The largest absolute Gasteiger partial charge is 0.481 e. The van der Waals surface area contributed by atoms with Crippen LogP contribution in [-0.4, -0.2) is 21.7 Å². The van der Waals surface area contributed by atoms with Gasteiger partial charge in [-0.1, -0.05) is 44.0 Å². The Morgan fingerprint density at radius 1 is 1.28 bits per heavy atom. The second kappa shape index (κ2) is 7.29. The Morgan fingerprint density at radius 2 is 1.94 bits per heavy atom. The van der Waals surface area contributed by atoms with Crippen molar-refractivity contribution in [3.63, 3.8) is 0 Å². The third kappa shape index (κ3) is 3.82. The standard InChI is InChI=1S/C14H18Br2O2/c1-9-7-12(13(8-16)14(17)18)10(2)6-11(9)4-3-5-15/h6-7,13H,3-5,8H2,1-2H3,(H,17,18). The highest BCUT2D eigenvalue weighted by Gasteiger charge is 2.21. The zero-order valence-corrected chi connectivity index (χ0v) is 13.8. The van der Waals surface area contributed by atoms with Crippen LogP contribution in [0.5, 0.6) is 0 Å². The van der Waals surface area contributed by atoms with Gasteiger partial charge in [0.1, 0.15) is 0 Å². The molecule has 1 aromatic carbocycles. The molecule has 1 atom stereocenters. The molecule has 0 aliphatic rings. The first-order valence-corrected chi connectivity index (χ1v) is 8.20. The smallest absolute Gasteiger partial charge is 0.311 e. The molecule has 0 saturated heterocycles. The van der Waals surface area contributed by atoms with E-state index in [-0.39, 0.29) is 0 Å². The van der Waals surface area contributed by atoms with E-state index in [2.05, 4.69) is 44.8 Å². The molecule has 1 N–H and O–H groups in total. The van der Waals surface area contributed by atoms with Crippen molar-refractivity contribution in [2.45, 2.75) is 32.6 Å². The number of aryl methyl sites for hydroxylation is 3. The summed E-state index contributed by atoms with van der Waals surface area (Å²) in [6.45, 7) is 4.05. The normalized spacial score (nSPS) is 12.4. The van der Waals surface area contributed by atoms with Crippen molar-refractivity contribution in [1.29, 1.82) is 0 Å². The SMILES string of the molecule is Cc1cc(C(CBr)C(=O)O)c(C)cc1CCCBr. The van der Waals surface area contributed by atoms with Crippen LogP contribution in [0.4, 0.5) is 0 Å². The second-order valence-electron chi connectivity index (χ2n) is 4.47. The lowest BCUT2D eigenvalue weighted by molar-refractivity contribution is -0.138. The van der Waals surface area contributed by atoms with Crippen LogP contribution in [0.2, 0.25) is 0 Å². The van der Waals surface area contributed by atoms with E-state index in [4.69, 9.17) is 0 Å². The third-order valence-corrected chi connectivity index (χ3v) is 4.34. The zero-order chi connectivity index (χ0) is 13.7. The molecule has 0 fully saturated rings. The summed E-state index contributed by atoms with van der Waals surface area (Å²) in [5, 5.41) is 10.7. The molecule has 0 aliphatic carbocycles. The van der Waals surface area contributed by atoms with Gasteiger partial charge in [0.05, 0.1) is 5.92 Å². The molecule has 1 rings (SSSR count). The predicted molar refractivity (Wildman–Crippen MR) is 82.2 cm³/mol. The fourth-order valence-electron chi connectivity index (χ4n) is 2.08. The van der Waals surface area contributed by atoms with Crippen LogP contribution in [0.15, 0.2) is 12.1 Å². The highest BCUT2D eigenvalue weighted by Crippen LogP contribution is 2.26. The van der Waals surface area contributed by atoms with Crippen molar-refractivity contribution in [2.75, 3.05) is 10.7 Å². The van der Waals surface area contributed by atoms with Crippen molar-refractivity contribution >= 4 is 37.8 Å². The maximum Gasteiger partial charge on any atom is 0.311 e. The highest BCUT2D eigenvalue weighted by molar-refractivity contribution is 9.09. The van der Waals surface area contributed by atoms with Crippen LogP contribution in [0.25, 0.3) is 0 Å². The van der Waals surface area contributed by atoms with Crippen LogP contribution in [0.3, 0.4) is 0 Å². The van der Waals surface area contributed by atoms with Gasteiger partial charge in [0.25, 0.3) is 0 Å².